The van der Waals surface area contributed by atoms with Crippen molar-refractivity contribution >= 4 is 27.4 Å². The Morgan fingerprint density at radius 3 is 2.75 bits per heavy atom. The molecule has 106 valence electrons. The minimum Gasteiger partial charge on any atom is -0.380 e. The lowest BCUT2D eigenvalue weighted by Crippen LogP contribution is -2.02. The van der Waals surface area contributed by atoms with Crippen LogP contribution in [0.15, 0.2) is 34.9 Å². The Bertz CT molecular complexity index is 587. The Balaban J connectivity index is 2.23. The van der Waals surface area contributed by atoms with Crippen LogP contribution in [-0.4, -0.2) is 17.1 Å². The molecular formula is C15H18BrN3O. The third-order valence-corrected chi connectivity index (χ3v) is 3.15. The second-order valence-electron chi connectivity index (χ2n) is 4.85. The molecule has 5 heteroatoms. The number of benzene rings is 1. The molecule has 0 unspecified atom stereocenters. The summed E-state index contributed by atoms with van der Waals surface area (Å²) in [5, 5.41) is 3.30. The van der Waals surface area contributed by atoms with Crippen molar-refractivity contribution in [3.05, 3.63) is 46.3 Å². The minimum absolute atomic E-state index is 0.285. The molecule has 0 amide bonds. The van der Waals surface area contributed by atoms with Crippen LogP contribution in [0, 0.1) is 0 Å². The maximum Gasteiger partial charge on any atom is 0.135 e. The van der Waals surface area contributed by atoms with Crippen molar-refractivity contribution in [3.63, 3.8) is 0 Å². The summed E-state index contributed by atoms with van der Waals surface area (Å²) in [6.45, 7) is 4.75. The molecule has 0 saturated heterocycles. The molecule has 4 nitrogen and oxygen atoms in total. The molecule has 1 N–H and O–H groups in total. The molecule has 2 rings (SSSR count). The molecule has 0 aliphatic heterocycles. The van der Waals surface area contributed by atoms with E-state index in [-0.39, 0.29) is 5.92 Å². The lowest BCUT2D eigenvalue weighted by Gasteiger charge is -2.10. The van der Waals surface area contributed by atoms with Crippen molar-refractivity contribution in [1.82, 2.24) is 9.97 Å². The maximum absolute atomic E-state index is 5.14. The number of nitrogens with zero attached hydrogens (tertiary/aromatic N) is 2. The Labute approximate surface area is 127 Å². The minimum atomic E-state index is 0.285. The first-order valence-corrected chi connectivity index (χ1v) is 7.27. The number of halogens is 1. The summed E-state index contributed by atoms with van der Waals surface area (Å²) < 4.78 is 5.93. The van der Waals surface area contributed by atoms with Gasteiger partial charge in [-0.05, 0) is 33.6 Å². The van der Waals surface area contributed by atoms with Crippen molar-refractivity contribution in [2.75, 3.05) is 12.4 Å². The predicted molar refractivity (Wildman–Crippen MR) is 84.3 cm³/mol. The van der Waals surface area contributed by atoms with Crippen LogP contribution in [0.4, 0.5) is 11.5 Å². The lowest BCUT2D eigenvalue weighted by atomic mass is 10.2. The van der Waals surface area contributed by atoms with E-state index < -0.39 is 0 Å². The van der Waals surface area contributed by atoms with Crippen molar-refractivity contribution in [2.24, 2.45) is 0 Å². The van der Waals surface area contributed by atoms with Gasteiger partial charge < -0.3 is 10.1 Å². The van der Waals surface area contributed by atoms with Gasteiger partial charge in [-0.15, -0.1) is 0 Å². The highest BCUT2D eigenvalue weighted by Crippen LogP contribution is 2.21. The topological polar surface area (TPSA) is 47.0 Å². The standard InChI is InChI=1S/C15H18BrN3O/c1-10(2)15-18-13(16)8-14(19-15)17-12-6-4-5-11(7-12)9-20-3/h4-8,10H,9H2,1-3H3,(H,17,18,19). The van der Waals surface area contributed by atoms with E-state index in [1.807, 2.05) is 24.3 Å². The molecule has 0 radical (unpaired) electrons. The number of anilines is 2. The average Bonchev–Trinajstić information content (AvgIpc) is 2.38. The number of nitrogens with one attached hydrogen (secondary N) is 1. The number of hydrogen-bond acceptors (Lipinski definition) is 4. The fourth-order valence-electron chi connectivity index (χ4n) is 1.81. The van der Waals surface area contributed by atoms with E-state index in [0.29, 0.717) is 6.61 Å². The van der Waals surface area contributed by atoms with Gasteiger partial charge in [0, 0.05) is 24.8 Å². The van der Waals surface area contributed by atoms with Crippen LogP contribution in [0.3, 0.4) is 0 Å². The first-order chi connectivity index (χ1) is 9.58. The molecule has 20 heavy (non-hydrogen) atoms. The van der Waals surface area contributed by atoms with Crippen LogP contribution >= 0.6 is 15.9 Å². The van der Waals surface area contributed by atoms with E-state index in [1.54, 1.807) is 7.11 Å². The van der Waals surface area contributed by atoms with Crippen molar-refractivity contribution < 1.29 is 4.74 Å². The Morgan fingerprint density at radius 2 is 2.05 bits per heavy atom. The van der Waals surface area contributed by atoms with Gasteiger partial charge in [0.2, 0.25) is 0 Å². The third kappa shape index (κ3) is 4.02. The smallest absolute Gasteiger partial charge is 0.135 e. The van der Waals surface area contributed by atoms with E-state index in [1.165, 1.54) is 0 Å². The molecule has 0 saturated carbocycles. The predicted octanol–water partition coefficient (Wildman–Crippen LogP) is 4.25. The van der Waals surface area contributed by atoms with E-state index in [0.717, 1.165) is 27.5 Å². The second kappa shape index (κ2) is 6.81. The molecule has 0 spiro atoms. The largest absolute Gasteiger partial charge is 0.380 e. The maximum atomic E-state index is 5.14. The van der Waals surface area contributed by atoms with Crippen LogP contribution in [0.1, 0.15) is 31.2 Å². The summed E-state index contributed by atoms with van der Waals surface area (Å²) in [4.78, 5) is 8.89. The Hall–Kier alpha value is -1.46. The number of methoxy groups -OCH3 is 1. The van der Waals surface area contributed by atoms with E-state index in [9.17, 15) is 0 Å². The van der Waals surface area contributed by atoms with Gasteiger partial charge >= 0.3 is 0 Å². The summed E-state index contributed by atoms with van der Waals surface area (Å²) >= 11 is 3.42. The lowest BCUT2D eigenvalue weighted by molar-refractivity contribution is 0.185. The highest BCUT2D eigenvalue weighted by atomic mass is 79.9. The molecule has 1 heterocycles. The molecule has 0 atom stereocenters. The van der Waals surface area contributed by atoms with Crippen LogP contribution < -0.4 is 5.32 Å². The number of aromatic nitrogens is 2. The zero-order chi connectivity index (χ0) is 14.5. The first kappa shape index (κ1) is 14.9. The molecule has 2 aromatic rings. The van der Waals surface area contributed by atoms with Crippen LogP contribution in [0.25, 0.3) is 0 Å². The van der Waals surface area contributed by atoms with Gasteiger partial charge in [-0.3, -0.25) is 0 Å². The van der Waals surface area contributed by atoms with Gasteiger partial charge in [0.05, 0.1) is 6.61 Å². The van der Waals surface area contributed by atoms with E-state index in [4.69, 9.17) is 4.74 Å². The quantitative estimate of drug-likeness (QED) is 0.829. The summed E-state index contributed by atoms with van der Waals surface area (Å²) in [6.07, 6.45) is 0. The fraction of sp³-hybridized carbons (Fsp3) is 0.333. The van der Waals surface area contributed by atoms with Gasteiger partial charge in [-0.2, -0.15) is 0 Å². The van der Waals surface area contributed by atoms with Gasteiger partial charge in [0.15, 0.2) is 0 Å². The molecule has 0 aliphatic rings. The molecule has 0 aliphatic carbocycles. The van der Waals surface area contributed by atoms with Gasteiger partial charge in [-0.1, -0.05) is 26.0 Å². The Morgan fingerprint density at radius 1 is 1.25 bits per heavy atom. The number of rotatable bonds is 5. The van der Waals surface area contributed by atoms with Crippen molar-refractivity contribution in [3.8, 4) is 0 Å². The van der Waals surface area contributed by atoms with Crippen LogP contribution in [0.2, 0.25) is 0 Å². The Kier molecular flexibility index (Phi) is 5.09. The molecular weight excluding hydrogens is 318 g/mol. The zero-order valence-electron chi connectivity index (χ0n) is 11.9. The molecule has 1 aromatic carbocycles. The number of ether oxygens (including phenoxy) is 1. The summed E-state index contributed by atoms with van der Waals surface area (Å²) in [6, 6.07) is 9.95. The summed E-state index contributed by atoms with van der Waals surface area (Å²) in [5.74, 6) is 1.88. The van der Waals surface area contributed by atoms with E-state index in [2.05, 4.69) is 51.1 Å². The highest BCUT2D eigenvalue weighted by molar-refractivity contribution is 9.10. The third-order valence-electron chi connectivity index (χ3n) is 2.74. The monoisotopic (exact) mass is 335 g/mol. The van der Waals surface area contributed by atoms with Crippen LogP contribution in [-0.2, 0) is 11.3 Å². The van der Waals surface area contributed by atoms with Gasteiger partial charge in [0.1, 0.15) is 16.2 Å². The SMILES string of the molecule is COCc1cccc(Nc2cc(Br)nc(C(C)C)n2)c1. The van der Waals surface area contributed by atoms with Gasteiger partial charge in [0.25, 0.3) is 0 Å². The number of hydrogen-bond donors (Lipinski definition) is 1. The summed E-state index contributed by atoms with van der Waals surface area (Å²) in [7, 11) is 1.69. The highest BCUT2D eigenvalue weighted by Gasteiger charge is 2.07. The molecule has 0 bridgehead atoms. The summed E-state index contributed by atoms with van der Waals surface area (Å²) in [5.41, 5.74) is 2.11. The zero-order valence-corrected chi connectivity index (χ0v) is 13.4. The van der Waals surface area contributed by atoms with Crippen molar-refractivity contribution in [2.45, 2.75) is 26.4 Å². The normalized spacial score (nSPS) is 10.8. The van der Waals surface area contributed by atoms with Crippen molar-refractivity contribution in [1.29, 1.82) is 0 Å². The second-order valence-corrected chi connectivity index (χ2v) is 5.66. The molecule has 0 fully saturated rings. The average molecular weight is 336 g/mol. The van der Waals surface area contributed by atoms with E-state index >= 15 is 0 Å². The molecule has 1 aromatic heterocycles. The van der Waals surface area contributed by atoms with Gasteiger partial charge in [-0.25, -0.2) is 9.97 Å². The first-order valence-electron chi connectivity index (χ1n) is 6.48. The van der Waals surface area contributed by atoms with Crippen LogP contribution in [0.5, 0.6) is 0 Å². The fourth-order valence-corrected chi connectivity index (χ4v) is 2.21.